The van der Waals surface area contributed by atoms with Gasteiger partial charge in [0, 0.05) is 30.9 Å². The SMILES string of the molecule is COc1ccccc1NC(=O)c1cc([N+](=O)[O-])ccc1NCCN1C(=O)c2ccc(C(=O)O)cc2C1=O. The lowest BCUT2D eigenvalue weighted by Gasteiger charge is -2.17. The average Bonchev–Trinajstić information content (AvgIpc) is 3.13. The van der Waals surface area contributed by atoms with E-state index in [1.54, 1.807) is 24.3 Å². The summed E-state index contributed by atoms with van der Waals surface area (Å²) in [6, 6.07) is 14.0. The van der Waals surface area contributed by atoms with Gasteiger partial charge in [0.25, 0.3) is 23.4 Å². The zero-order valence-electron chi connectivity index (χ0n) is 19.4. The maximum Gasteiger partial charge on any atom is 0.335 e. The van der Waals surface area contributed by atoms with Crippen molar-refractivity contribution in [1.29, 1.82) is 0 Å². The van der Waals surface area contributed by atoms with Gasteiger partial charge in [0.1, 0.15) is 5.75 Å². The van der Waals surface area contributed by atoms with Crippen molar-refractivity contribution in [3.05, 3.63) is 93.0 Å². The van der Waals surface area contributed by atoms with Crippen LogP contribution in [0.2, 0.25) is 0 Å². The minimum atomic E-state index is -1.22. The first-order chi connectivity index (χ1) is 17.7. The highest BCUT2D eigenvalue weighted by Crippen LogP contribution is 2.28. The number of rotatable bonds is 9. The van der Waals surface area contributed by atoms with Gasteiger partial charge in [-0.05, 0) is 36.4 Å². The normalized spacial score (nSPS) is 12.2. The molecule has 1 aliphatic heterocycles. The van der Waals surface area contributed by atoms with Crippen LogP contribution in [-0.4, -0.2) is 58.8 Å². The maximum absolute atomic E-state index is 13.0. The van der Waals surface area contributed by atoms with Gasteiger partial charge in [0.15, 0.2) is 0 Å². The zero-order chi connectivity index (χ0) is 26.7. The third-order valence-electron chi connectivity index (χ3n) is 5.68. The summed E-state index contributed by atoms with van der Waals surface area (Å²) in [4.78, 5) is 61.3. The van der Waals surface area contributed by atoms with E-state index in [2.05, 4.69) is 10.6 Å². The Hall–Kier alpha value is -5.26. The Bertz CT molecular complexity index is 1450. The number of fused-ring (bicyclic) bond motifs is 1. The molecule has 3 amide bonds. The molecule has 188 valence electrons. The fourth-order valence-corrected chi connectivity index (χ4v) is 3.85. The summed E-state index contributed by atoms with van der Waals surface area (Å²) in [5.74, 6) is -2.68. The molecule has 0 fully saturated rings. The summed E-state index contributed by atoms with van der Waals surface area (Å²) in [6.07, 6.45) is 0. The van der Waals surface area contributed by atoms with E-state index >= 15 is 0 Å². The summed E-state index contributed by atoms with van der Waals surface area (Å²) in [6.45, 7) is -0.0800. The number of nitro benzene ring substituents is 1. The molecule has 1 heterocycles. The first kappa shape index (κ1) is 24.9. The van der Waals surface area contributed by atoms with Crippen LogP contribution in [0.25, 0.3) is 0 Å². The number of imide groups is 1. The number of para-hydroxylation sites is 2. The fourth-order valence-electron chi connectivity index (χ4n) is 3.85. The summed E-state index contributed by atoms with van der Waals surface area (Å²) in [5, 5.41) is 26.0. The third-order valence-corrected chi connectivity index (χ3v) is 5.68. The van der Waals surface area contributed by atoms with Crippen LogP contribution in [0, 0.1) is 10.1 Å². The van der Waals surface area contributed by atoms with Crippen LogP contribution in [0.1, 0.15) is 41.4 Å². The molecule has 12 heteroatoms. The first-order valence-corrected chi connectivity index (χ1v) is 10.9. The van der Waals surface area contributed by atoms with Gasteiger partial charge in [-0.2, -0.15) is 0 Å². The smallest absolute Gasteiger partial charge is 0.335 e. The van der Waals surface area contributed by atoms with Crippen molar-refractivity contribution in [2.45, 2.75) is 0 Å². The van der Waals surface area contributed by atoms with E-state index in [9.17, 15) is 29.3 Å². The molecule has 1 aliphatic rings. The molecule has 0 atom stereocenters. The highest BCUT2D eigenvalue weighted by atomic mass is 16.6. The number of hydrogen-bond acceptors (Lipinski definition) is 8. The standard InChI is InChI=1S/C25H20N4O8/c1-37-21-5-3-2-4-20(21)27-22(30)18-13-15(29(35)36)7-9-19(18)26-10-11-28-23(31)16-8-6-14(25(33)34)12-17(16)24(28)32/h2-9,12-13,26H,10-11H2,1H3,(H,27,30)(H,33,34). The summed E-state index contributed by atoms with van der Waals surface area (Å²) in [5.41, 5.74) is 0.247. The number of aromatic carboxylic acids is 1. The zero-order valence-corrected chi connectivity index (χ0v) is 19.4. The Morgan fingerprint density at radius 2 is 1.73 bits per heavy atom. The second-order valence-corrected chi connectivity index (χ2v) is 7.90. The quantitative estimate of drug-likeness (QED) is 0.225. The van der Waals surface area contributed by atoms with Crippen LogP contribution in [0.15, 0.2) is 60.7 Å². The first-order valence-electron chi connectivity index (χ1n) is 10.9. The minimum Gasteiger partial charge on any atom is -0.495 e. The highest BCUT2D eigenvalue weighted by Gasteiger charge is 2.35. The van der Waals surface area contributed by atoms with Gasteiger partial charge in [0.2, 0.25) is 0 Å². The number of carboxylic acids is 1. The Labute approximate surface area is 209 Å². The Kier molecular flexibility index (Phi) is 6.82. The predicted octanol–water partition coefficient (Wildman–Crippen LogP) is 3.26. The van der Waals surface area contributed by atoms with Crippen LogP contribution in [0.5, 0.6) is 5.75 Å². The molecule has 3 aromatic carbocycles. The van der Waals surface area contributed by atoms with Crippen LogP contribution in [-0.2, 0) is 0 Å². The van der Waals surface area contributed by atoms with Gasteiger partial charge < -0.3 is 20.5 Å². The molecule has 37 heavy (non-hydrogen) atoms. The molecule has 12 nitrogen and oxygen atoms in total. The lowest BCUT2D eigenvalue weighted by atomic mass is 10.1. The number of non-ortho nitro benzene ring substituents is 1. The van der Waals surface area contributed by atoms with Gasteiger partial charge in [0.05, 0.1) is 40.0 Å². The molecule has 0 saturated heterocycles. The van der Waals surface area contributed by atoms with Gasteiger partial charge in [-0.3, -0.25) is 29.4 Å². The van der Waals surface area contributed by atoms with Crippen LogP contribution < -0.4 is 15.4 Å². The average molecular weight is 504 g/mol. The van der Waals surface area contributed by atoms with E-state index in [1.165, 1.54) is 31.4 Å². The Morgan fingerprint density at radius 3 is 2.43 bits per heavy atom. The number of methoxy groups -OCH3 is 1. The number of nitrogens with one attached hydrogen (secondary N) is 2. The molecular weight excluding hydrogens is 484 g/mol. The molecule has 0 saturated carbocycles. The highest BCUT2D eigenvalue weighted by molar-refractivity contribution is 6.22. The van der Waals surface area contributed by atoms with E-state index in [0.29, 0.717) is 11.4 Å². The van der Waals surface area contributed by atoms with Gasteiger partial charge in [-0.1, -0.05) is 12.1 Å². The van der Waals surface area contributed by atoms with Crippen LogP contribution >= 0.6 is 0 Å². The number of benzene rings is 3. The predicted molar refractivity (Wildman–Crippen MR) is 131 cm³/mol. The van der Waals surface area contributed by atoms with E-state index in [0.717, 1.165) is 17.0 Å². The summed E-state index contributed by atoms with van der Waals surface area (Å²) in [7, 11) is 1.44. The number of ether oxygens (including phenoxy) is 1. The molecule has 3 aromatic rings. The third kappa shape index (κ3) is 4.93. The lowest BCUT2D eigenvalue weighted by molar-refractivity contribution is -0.384. The number of amides is 3. The van der Waals surface area contributed by atoms with Gasteiger partial charge in [-0.15, -0.1) is 0 Å². The number of hydrogen-bond donors (Lipinski definition) is 3. The second-order valence-electron chi connectivity index (χ2n) is 7.90. The summed E-state index contributed by atoms with van der Waals surface area (Å²) >= 11 is 0. The van der Waals surface area contributed by atoms with Gasteiger partial charge in [-0.25, -0.2) is 4.79 Å². The number of anilines is 2. The summed E-state index contributed by atoms with van der Waals surface area (Å²) < 4.78 is 5.22. The van der Waals surface area contributed by atoms with Gasteiger partial charge >= 0.3 is 5.97 Å². The van der Waals surface area contributed by atoms with E-state index < -0.39 is 28.6 Å². The molecule has 0 unspecified atom stereocenters. The molecule has 0 spiro atoms. The van der Waals surface area contributed by atoms with Crippen molar-refractivity contribution < 1.29 is 33.9 Å². The van der Waals surface area contributed by atoms with Crippen molar-refractivity contribution in [3.63, 3.8) is 0 Å². The molecule has 0 aromatic heterocycles. The topological polar surface area (TPSA) is 168 Å². The molecule has 0 radical (unpaired) electrons. The molecule has 4 rings (SSSR count). The molecular formula is C25H20N4O8. The van der Waals surface area contributed by atoms with Crippen molar-refractivity contribution >= 4 is 40.8 Å². The number of carbonyl (C=O) groups is 4. The lowest BCUT2D eigenvalue weighted by Crippen LogP contribution is -2.34. The van der Waals surface area contributed by atoms with Crippen molar-refractivity contribution in [2.75, 3.05) is 30.8 Å². The maximum atomic E-state index is 13.0. The van der Waals surface area contributed by atoms with Crippen molar-refractivity contribution in [3.8, 4) is 5.75 Å². The van der Waals surface area contributed by atoms with Crippen LogP contribution in [0.4, 0.5) is 17.1 Å². The molecule has 0 bridgehead atoms. The number of carboxylic acid groups (broad SMARTS) is 1. The minimum absolute atomic E-state index is 0.00267. The van der Waals surface area contributed by atoms with E-state index in [-0.39, 0.29) is 46.7 Å². The molecule has 0 aliphatic carbocycles. The number of nitro groups is 1. The Morgan fingerprint density at radius 1 is 1.00 bits per heavy atom. The van der Waals surface area contributed by atoms with E-state index in [1.807, 2.05) is 0 Å². The Balaban J connectivity index is 1.52. The van der Waals surface area contributed by atoms with Crippen molar-refractivity contribution in [1.82, 2.24) is 4.90 Å². The van der Waals surface area contributed by atoms with E-state index in [4.69, 9.17) is 9.84 Å². The largest absolute Gasteiger partial charge is 0.495 e. The van der Waals surface area contributed by atoms with Crippen molar-refractivity contribution in [2.24, 2.45) is 0 Å². The van der Waals surface area contributed by atoms with Crippen LogP contribution in [0.3, 0.4) is 0 Å². The fraction of sp³-hybridized carbons (Fsp3) is 0.120. The monoisotopic (exact) mass is 504 g/mol. The number of carbonyl (C=O) groups excluding carboxylic acids is 3. The second kappa shape index (κ2) is 10.2. The molecule has 3 N–H and O–H groups in total. The number of nitrogens with zero attached hydrogens (tertiary/aromatic N) is 2.